The van der Waals surface area contributed by atoms with Gasteiger partial charge in [-0.05, 0) is 92.1 Å². The first-order chi connectivity index (χ1) is 19.6. The maximum absolute atomic E-state index is 13.5. The summed E-state index contributed by atoms with van der Waals surface area (Å²) in [5, 5.41) is 0. The molecule has 8 atom stereocenters. The summed E-state index contributed by atoms with van der Waals surface area (Å²) in [6.07, 6.45) is 11.2. The number of esters is 1. The van der Waals surface area contributed by atoms with E-state index < -0.39 is 5.79 Å². The Morgan fingerprint density at radius 2 is 1.68 bits per heavy atom. The van der Waals surface area contributed by atoms with Crippen molar-refractivity contribution in [3.05, 3.63) is 47.5 Å². The first-order valence-electron chi connectivity index (χ1n) is 16.3. The zero-order chi connectivity index (χ0) is 29.0. The van der Waals surface area contributed by atoms with Crippen LogP contribution in [0.5, 0.6) is 0 Å². The third-order valence-corrected chi connectivity index (χ3v) is 12.6. The molecule has 3 unspecified atom stereocenters. The van der Waals surface area contributed by atoms with Gasteiger partial charge in [0.05, 0.1) is 18.8 Å². The normalized spacial score (nSPS) is 39.7. The zero-order valence-corrected chi connectivity index (χ0v) is 25.8. The predicted molar refractivity (Wildman–Crippen MR) is 159 cm³/mol. The Hall–Kier alpha value is -1.98. The Bertz CT molecular complexity index is 1170. The van der Waals surface area contributed by atoms with E-state index >= 15 is 0 Å². The van der Waals surface area contributed by atoms with Crippen molar-refractivity contribution in [1.29, 1.82) is 0 Å². The summed E-state index contributed by atoms with van der Waals surface area (Å²) >= 11 is 0. The Balaban J connectivity index is 1.30. The first-order valence-corrected chi connectivity index (χ1v) is 16.3. The highest BCUT2D eigenvalue weighted by Gasteiger charge is 2.65. The second-order valence-corrected chi connectivity index (χ2v) is 14.8. The van der Waals surface area contributed by atoms with Crippen LogP contribution in [-0.4, -0.2) is 36.9 Å². The lowest BCUT2D eigenvalue weighted by atomic mass is 9.43. The van der Waals surface area contributed by atoms with Gasteiger partial charge < -0.3 is 14.2 Å². The molecule has 4 aliphatic carbocycles. The maximum Gasteiger partial charge on any atom is 0.338 e. The van der Waals surface area contributed by atoms with E-state index in [1.54, 1.807) is 0 Å². The summed E-state index contributed by atoms with van der Waals surface area (Å²) in [4.78, 5) is 25.9. The number of carbonyl (C=O) groups excluding carboxylic acids is 2. The van der Waals surface area contributed by atoms with Crippen LogP contribution in [0.3, 0.4) is 0 Å². The van der Waals surface area contributed by atoms with Crippen LogP contribution < -0.4 is 0 Å². The number of rotatable bonds is 6. The monoisotopic (exact) mass is 562 g/mol. The van der Waals surface area contributed by atoms with E-state index in [1.807, 2.05) is 44.2 Å². The Labute approximate surface area is 246 Å². The van der Waals surface area contributed by atoms with Gasteiger partial charge >= 0.3 is 5.97 Å². The van der Waals surface area contributed by atoms with Crippen molar-refractivity contribution in [2.45, 2.75) is 104 Å². The standard InChI is InChI=1S/C36H50O5/c1-23(2)30(37)14-11-24(3)27-12-13-28-32-29(15-16-35(27,28)5)34(4)17-18-36(39-19-20-40-36)22-26(34)21-31(32)41-33(38)25-9-7-6-8-10-25/h6-11,23,26-29,31-32H,12-22H2,1-5H3/t26-,27+,28?,29?,31+,32?,34-,35+/m0/s1. The summed E-state index contributed by atoms with van der Waals surface area (Å²) in [6, 6.07) is 9.50. The molecule has 41 heavy (non-hydrogen) atoms. The minimum atomic E-state index is -0.442. The van der Waals surface area contributed by atoms with Crippen molar-refractivity contribution in [1.82, 2.24) is 0 Å². The molecule has 4 saturated carbocycles. The highest BCUT2D eigenvalue weighted by atomic mass is 16.7. The van der Waals surface area contributed by atoms with Crippen LogP contribution >= 0.6 is 0 Å². The summed E-state index contributed by atoms with van der Waals surface area (Å²) in [5.74, 6) is 2.05. The largest absolute Gasteiger partial charge is 0.458 e. The summed E-state index contributed by atoms with van der Waals surface area (Å²) in [6.45, 7) is 12.6. The van der Waals surface area contributed by atoms with Crippen molar-refractivity contribution in [3.63, 3.8) is 0 Å². The Morgan fingerprint density at radius 1 is 0.976 bits per heavy atom. The van der Waals surface area contributed by atoms with Gasteiger partial charge in [-0.3, -0.25) is 4.79 Å². The summed E-state index contributed by atoms with van der Waals surface area (Å²) in [7, 11) is 0. The number of allylic oxidation sites excluding steroid dienone is 2. The molecule has 5 fully saturated rings. The van der Waals surface area contributed by atoms with Crippen LogP contribution in [0.4, 0.5) is 0 Å². The van der Waals surface area contributed by atoms with Gasteiger partial charge in [0.1, 0.15) is 11.9 Å². The lowest BCUT2D eigenvalue weighted by Gasteiger charge is -2.63. The first kappa shape index (κ1) is 29.1. The van der Waals surface area contributed by atoms with Gasteiger partial charge in [-0.25, -0.2) is 4.79 Å². The van der Waals surface area contributed by atoms with Crippen LogP contribution in [0.25, 0.3) is 0 Å². The fourth-order valence-electron chi connectivity index (χ4n) is 10.2. The van der Waals surface area contributed by atoms with Crippen molar-refractivity contribution in [2.75, 3.05) is 13.2 Å². The van der Waals surface area contributed by atoms with E-state index in [0.717, 1.165) is 32.1 Å². The minimum Gasteiger partial charge on any atom is -0.458 e. The molecule has 1 aromatic carbocycles. The Kier molecular flexibility index (Phi) is 7.77. The molecule has 1 spiro atoms. The number of hydrogen-bond acceptors (Lipinski definition) is 5. The smallest absolute Gasteiger partial charge is 0.338 e. The molecule has 1 aliphatic heterocycles. The van der Waals surface area contributed by atoms with Crippen molar-refractivity contribution >= 4 is 11.8 Å². The molecular formula is C36H50O5. The highest BCUT2D eigenvalue weighted by Crippen LogP contribution is 2.69. The maximum atomic E-state index is 13.5. The van der Waals surface area contributed by atoms with Gasteiger partial charge in [-0.15, -0.1) is 0 Å². The van der Waals surface area contributed by atoms with Crippen LogP contribution in [0, 0.1) is 46.3 Å². The van der Waals surface area contributed by atoms with E-state index in [9.17, 15) is 9.59 Å². The molecule has 0 radical (unpaired) electrons. The number of hydrogen-bond donors (Lipinski definition) is 0. The van der Waals surface area contributed by atoms with Gasteiger partial charge in [-0.2, -0.15) is 0 Å². The number of benzene rings is 1. The highest BCUT2D eigenvalue weighted by molar-refractivity contribution is 5.89. The molecular weight excluding hydrogens is 512 g/mol. The van der Waals surface area contributed by atoms with Crippen LogP contribution in [-0.2, 0) is 19.0 Å². The molecule has 1 saturated heterocycles. The molecule has 0 amide bonds. The average Bonchev–Trinajstić information content (AvgIpc) is 3.56. The third kappa shape index (κ3) is 5.03. The fourth-order valence-corrected chi connectivity index (χ4v) is 10.2. The lowest BCUT2D eigenvalue weighted by Crippen LogP contribution is -2.60. The molecule has 1 heterocycles. The molecule has 6 rings (SSSR count). The van der Waals surface area contributed by atoms with Crippen molar-refractivity contribution < 1.29 is 23.8 Å². The zero-order valence-electron chi connectivity index (χ0n) is 25.8. The number of carbonyl (C=O) groups is 2. The molecule has 5 aliphatic rings. The van der Waals surface area contributed by atoms with Crippen LogP contribution in [0.15, 0.2) is 42.0 Å². The Morgan fingerprint density at radius 3 is 2.39 bits per heavy atom. The second-order valence-electron chi connectivity index (χ2n) is 14.8. The third-order valence-electron chi connectivity index (χ3n) is 12.6. The number of Topliss-reactive ketones (excluding diaryl/α,β-unsaturated/α-hetero) is 1. The van der Waals surface area contributed by atoms with Gasteiger partial charge in [-0.1, -0.05) is 57.5 Å². The van der Waals surface area contributed by atoms with E-state index in [0.29, 0.717) is 60.6 Å². The van der Waals surface area contributed by atoms with Crippen LogP contribution in [0.1, 0.15) is 103 Å². The number of ketones is 1. The average molecular weight is 563 g/mol. The van der Waals surface area contributed by atoms with E-state index in [1.165, 1.54) is 24.8 Å². The summed E-state index contributed by atoms with van der Waals surface area (Å²) < 4.78 is 19.0. The van der Waals surface area contributed by atoms with E-state index in [2.05, 4.69) is 26.8 Å². The fraction of sp³-hybridized carbons (Fsp3) is 0.722. The van der Waals surface area contributed by atoms with Gasteiger partial charge in [0.15, 0.2) is 5.79 Å². The lowest BCUT2D eigenvalue weighted by molar-refractivity contribution is -0.242. The number of ether oxygens (including phenoxy) is 3. The molecule has 1 aromatic rings. The molecule has 0 N–H and O–H groups in total. The second kappa shape index (κ2) is 10.9. The molecule has 5 nitrogen and oxygen atoms in total. The molecule has 224 valence electrons. The van der Waals surface area contributed by atoms with Crippen molar-refractivity contribution in [2.24, 2.45) is 46.3 Å². The molecule has 0 bridgehead atoms. The predicted octanol–water partition coefficient (Wildman–Crippen LogP) is 7.79. The molecule has 5 heteroatoms. The topological polar surface area (TPSA) is 61.8 Å². The van der Waals surface area contributed by atoms with Gasteiger partial charge in [0.2, 0.25) is 0 Å². The summed E-state index contributed by atoms with van der Waals surface area (Å²) in [5.41, 5.74) is 2.39. The quantitative estimate of drug-likeness (QED) is 0.262. The van der Waals surface area contributed by atoms with Crippen LogP contribution in [0.2, 0.25) is 0 Å². The molecule has 0 aromatic heterocycles. The van der Waals surface area contributed by atoms with Gasteiger partial charge in [0.25, 0.3) is 0 Å². The van der Waals surface area contributed by atoms with Crippen molar-refractivity contribution in [3.8, 4) is 0 Å². The van der Waals surface area contributed by atoms with E-state index in [4.69, 9.17) is 14.2 Å². The minimum absolute atomic E-state index is 0.0760. The van der Waals surface area contributed by atoms with Gasteiger partial charge in [0, 0.05) is 31.1 Å². The van der Waals surface area contributed by atoms with E-state index in [-0.39, 0.29) is 28.8 Å². The SMILES string of the molecule is CC(=CCC(=O)C(C)C)[C@H]1CCC2C3C(CC[C@@]21C)[C@@]1(C)CCC2(C[C@@H]1C[C@H]3OC(=O)c1ccccc1)OCCO2. The number of fused-ring (bicyclic) bond motifs is 5.